The number of imide groups is 3. The van der Waals surface area contributed by atoms with Crippen molar-refractivity contribution in [1.29, 1.82) is 0 Å². The summed E-state index contributed by atoms with van der Waals surface area (Å²) in [6.07, 6.45) is -1.01. The zero-order chi connectivity index (χ0) is 42.7. The smallest absolute Gasteiger partial charge is 0.293 e. The maximum absolute atomic E-state index is 11.9. The van der Waals surface area contributed by atoms with Crippen molar-refractivity contribution in [1.82, 2.24) is 34.8 Å². The molecule has 0 spiro atoms. The van der Waals surface area contributed by atoms with E-state index in [-0.39, 0.29) is 56.1 Å². The average Bonchev–Trinajstić information content (AvgIpc) is 4.05. The Morgan fingerprint density at radius 3 is 1.42 bits per heavy atom. The predicted octanol–water partition coefficient (Wildman–Crippen LogP) is 3.02. The summed E-state index contributed by atoms with van der Waals surface area (Å²) in [5, 5.41) is 12.4. The standard InChI is InChI=1S/C14H12N4O6.C9H9N3O2.C9H8N2O7.CH4.HIXe/c1-23-14(22)17-10-4-2-3-9(8(10)7-15-17)16-13(21)24-18-11(19)5-6-12(18)20;1-14-9(13)12-8-4-2-3-7(10)6(8)5-11-12;12-5-1-2-6(13)10(5)17-9(16)18-11-7(14)3-4-8(11)15;;1-2/h2-4,7H,5-6H2,1H3,(H,16,21);2-5H,10H2,1H3;1-4H2;1H4;2H. The first kappa shape index (κ1) is 47.8. The van der Waals surface area contributed by atoms with Crippen LogP contribution in [0, 0.1) is 40.5 Å². The van der Waals surface area contributed by atoms with Gasteiger partial charge in [-0.25, -0.2) is 14.4 Å². The monoisotopic (exact) mass is 1060 g/mol. The van der Waals surface area contributed by atoms with Crippen LogP contribution in [0.3, 0.4) is 0 Å². The van der Waals surface area contributed by atoms with E-state index in [0.717, 1.165) is 10.1 Å². The van der Waals surface area contributed by atoms with Gasteiger partial charge in [0.1, 0.15) is 0 Å². The van der Waals surface area contributed by atoms with Crippen LogP contribution in [0.4, 0.5) is 30.6 Å². The number of fused-ring (bicyclic) bond motifs is 2. The summed E-state index contributed by atoms with van der Waals surface area (Å²) in [4.78, 5) is 127. The Morgan fingerprint density at radius 2 is 1.00 bits per heavy atom. The fraction of sp³-hybridized carbons (Fsp3) is 0.273. The summed E-state index contributed by atoms with van der Waals surface area (Å²) in [6, 6.07) is 10.0. The molecular formula is C33H34IN9O15Xe. The largest absolute Gasteiger partial charge is 0.560 e. The van der Waals surface area contributed by atoms with E-state index in [1.165, 1.54) is 25.1 Å². The third kappa shape index (κ3) is 11.5. The molecule has 0 aliphatic carbocycles. The number of ether oxygens (including phenoxy) is 2. The molecule has 316 valence electrons. The van der Waals surface area contributed by atoms with Crippen molar-refractivity contribution in [3.05, 3.63) is 48.8 Å². The molecule has 0 radical (unpaired) electrons. The number of hydrogen-bond acceptors (Lipinski definition) is 18. The summed E-state index contributed by atoms with van der Waals surface area (Å²) in [5.74, 6) is -3.89. The molecule has 26 heteroatoms. The Hall–Kier alpha value is -5.62. The number of anilines is 2. The predicted molar refractivity (Wildman–Crippen MR) is 203 cm³/mol. The maximum atomic E-state index is 11.9. The Balaban J connectivity index is 0.000000237. The molecule has 2 aromatic heterocycles. The number of benzene rings is 2. The van der Waals surface area contributed by atoms with Crippen LogP contribution in [0.25, 0.3) is 21.8 Å². The van der Waals surface area contributed by atoms with Gasteiger partial charge in [0.25, 0.3) is 35.4 Å². The van der Waals surface area contributed by atoms with Crippen LogP contribution in [0.1, 0.15) is 46.0 Å². The number of amides is 7. The number of aromatic nitrogens is 4. The van der Waals surface area contributed by atoms with Crippen molar-refractivity contribution >= 4 is 105 Å². The minimum Gasteiger partial charge on any atom is -0.293 e. The first-order valence-electron chi connectivity index (χ1n) is 16.2. The Kier molecular flexibility index (Phi) is 17.8. The van der Waals surface area contributed by atoms with E-state index in [4.69, 9.17) is 10.6 Å². The number of hydroxylamine groups is 6. The zero-order valence-corrected chi connectivity index (χ0v) is 34.3. The van der Waals surface area contributed by atoms with E-state index in [2.05, 4.69) is 87.1 Å². The average molecular weight is 1050 g/mol. The number of carbonyl (C=O) groups is 10. The molecule has 7 rings (SSSR count). The molecule has 3 N–H and O–H groups in total. The molecule has 5 heterocycles. The summed E-state index contributed by atoms with van der Waals surface area (Å²) in [7, 11) is 2.53. The van der Waals surface area contributed by atoms with Gasteiger partial charge >= 0.3 is 76.9 Å². The molecule has 0 atom stereocenters. The van der Waals surface area contributed by atoms with Gasteiger partial charge in [0, 0.05) is 55.0 Å². The van der Waals surface area contributed by atoms with Crippen LogP contribution in [0.2, 0.25) is 0 Å². The molecule has 7 amide bonds. The first-order chi connectivity index (χ1) is 27.7. The van der Waals surface area contributed by atoms with Crippen LogP contribution >= 0.6 is 12.0 Å². The SMILES string of the molecule is C.COC(=O)n1ncc2c(N)cccc21.COC(=O)n1ncc2c(NC(=O)ON3C(=O)CCC3=O)cccc21.I[XeH].O=C(ON1C(=O)CCC1=O)ON1C(=O)CCC1=O. The van der Waals surface area contributed by atoms with Crippen molar-refractivity contribution in [3.63, 3.8) is 0 Å². The number of nitrogens with two attached hydrogens (primary N) is 1. The number of nitrogens with one attached hydrogen (secondary N) is 1. The van der Waals surface area contributed by atoms with Crippen molar-refractivity contribution in [2.45, 2.75) is 46.0 Å². The molecule has 2 aromatic carbocycles. The van der Waals surface area contributed by atoms with Crippen LogP contribution < -0.4 is 11.1 Å². The molecular weight excluding hydrogens is 1020 g/mol. The molecule has 24 nitrogen and oxygen atoms in total. The molecule has 3 aliphatic rings. The summed E-state index contributed by atoms with van der Waals surface area (Å²) >= 11 is 4.24. The van der Waals surface area contributed by atoms with Crippen molar-refractivity contribution < 1.29 is 112 Å². The minimum absolute atomic E-state index is 0. The van der Waals surface area contributed by atoms with Gasteiger partial charge in [0.05, 0.1) is 43.3 Å². The van der Waals surface area contributed by atoms with Crippen molar-refractivity contribution in [2.75, 3.05) is 25.3 Å². The number of methoxy groups -OCH3 is 2. The van der Waals surface area contributed by atoms with Crippen molar-refractivity contribution in [3.8, 4) is 0 Å². The molecule has 3 aliphatic heterocycles. The van der Waals surface area contributed by atoms with Gasteiger partial charge in [-0.3, -0.25) is 43.8 Å². The van der Waals surface area contributed by atoms with Crippen LogP contribution in [0.5, 0.6) is 0 Å². The van der Waals surface area contributed by atoms with Crippen molar-refractivity contribution in [2.24, 2.45) is 0 Å². The van der Waals surface area contributed by atoms with Gasteiger partial charge in [-0.05, 0) is 24.3 Å². The summed E-state index contributed by atoms with van der Waals surface area (Å²) < 4.78 is 11.4. The Bertz CT molecular complexity index is 2230. The van der Waals surface area contributed by atoms with E-state index in [1.807, 2.05) is 0 Å². The fourth-order valence-electron chi connectivity index (χ4n) is 5.05. The normalized spacial score (nSPS) is 14.4. The van der Waals surface area contributed by atoms with Gasteiger partial charge in [-0.1, -0.05) is 29.7 Å². The molecule has 0 unspecified atom stereocenters. The fourth-order valence-corrected chi connectivity index (χ4v) is 5.05. The number of rotatable bonds is 4. The molecule has 0 bridgehead atoms. The van der Waals surface area contributed by atoms with E-state index in [0.29, 0.717) is 32.9 Å². The topological polar surface area (TPSA) is 300 Å². The second-order valence-electron chi connectivity index (χ2n) is 11.3. The third-order valence-electron chi connectivity index (χ3n) is 7.72. The third-order valence-corrected chi connectivity index (χ3v) is 7.72. The van der Waals surface area contributed by atoms with E-state index in [1.54, 1.807) is 42.6 Å². The minimum atomic E-state index is -1.48. The summed E-state index contributed by atoms with van der Waals surface area (Å²) in [6.45, 7) is 0. The molecule has 3 fully saturated rings. The van der Waals surface area contributed by atoms with Gasteiger partial charge in [-0.2, -0.15) is 24.4 Å². The number of carbonyl (C=O) groups excluding carboxylic acids is 10. The van der Waals surface area contributed by atoms with Gasteiger partial charge < -0.3 is 20.0 Å². The number of hydrogen-bond donors (Lipinski definition) is 2. The second kappa shape index (κ2) is 21.9. The van der Waals surface area contributed by atoms with Crippen LogP contribution in [-0.4, -0.2) is 109 Å². The Labute approximate surface area is 369 Å². The summed E-state index contributed by atoms with van der Waals surface area (Å²) in [5.41, 5.74) is 7.66. The number of nitrogen functional groups attached to an aromatic ring is 1. The van der Waals surface area contributed by atoms with E-state index >= 15 is 0 Å². The van der Waals surface area contributed by atoms with Crippen LogP contribution in [0.15, 0.2) is 48.8 Å². The number of nitrogens with zero attached hydrogens (tertiary/aromatic N) is 7. The number of halogens is 1. The molecule has 59 heavy (non-hydrogen) atoms. The zero-order valence-electron chi connectivity index (χ0n) is 29.9. The van der Waals surface area contributed by atoms with Gasteiger partial charge in [-0.15, -0.1) is 5.06 Å². The van der Waals surface area contributed by atoms with Crippen LogP contribution in [-0.2, 0) is 52.8 Å². The quantitative estimate of drug-likeness (QED) is 0.169. The van der Waals surface area contributed by atoms with E-state index in [9.17, 15) is 47.9 Å². The van der Waals surface area contributed by atoms with Gasteiger partial charge in [0.15, 0.2) is 0 Å². The van der Waals surface area contributed by atoms with E-state index < -0.39 is 59.9 Å². The molecule has 0 saturated carbocycles. The molecule has 3 saturated heterocycles. The molecule has 4 aromatic rings. The van der Waals surface area contributed by atoms with Gasteiger partial charge in [0.2, 0.25) is 0 Å². The Morgan fingerprint density at radius 1 is 0.627 bits per heavy atom. The first-order valence-corrected chi connectivity index (χ1v) is 22.5. The maximum Gasteiger partial charge on any atom is 0.560 e. The second-order valence-corrected chi connectivity index (χ2v) is 11.3.